The number of nitrogens with zero attached hydrogens (tertiary/aromatic N) is 1. The zero-order valence-electron chi connectivity index (χ0n) is 12.4. The van der Waals surface area contributed by atoms with E-state index in [0.29, 0.717) is 13.2 Å². The number of benzene rings is 1. The van der Waals surface area contributed by atoms with E-state index in [1.807, 2.05) is 11.0 Å². The number of rotatable bonds is 5. The number of amides is 1. The molecule has 0 bridgehead atoms. The molecular formula is C16H21FN2O2. The first-order valence-electron chi connectivity index (χ1n) is 7.39. The molecule has 2 unspecified atom stereocenters. The van der Waals surface area contributed by atoms with Gasteiger partial charge in [0.2, 0.25) is 5.91 Å². The van der Waals surface area contributed by atoms with Crippen molar-refractivity contribution in [2.45, 2.75) is 31.5 Å². The van der Waals surface area contributed by atoms with Crippen LogP contribution in [0, 0.1) is 11.7 Å². The van der Waals surface area contributed by atoms with Crippen LogP contribution in [0.5, 0.6) is 0 Å². The Morgan fingerprint density at radius 1 is 1.52 bits per heavy atom. The van der Waals surface area contributed by atoms with Gasteiger partial charge in [0.15, 0.2) is 0 Å². The maximum absolute atomic E-state index is 13.5. The molecule has 1 aliphatic heterocycles. The van der Waals surface area contributed by atoms with E-state index in [0.717, 1.165) is 18.4 Å². The van der Waals surface area contributed by atoms with E-state index in [2.05, 4.69) is 12.2 Å². The van der Waals surface area contributed by atoms with Gasteiger partial charge < -0.3 is 9.64 Å². The maximum atomic E-state index is 13.5. The Labute approximate surface area is 124 Å². The first-order valence-corrected chi connectivity index (χ1v) is 7.39. The third-order valence-corrected chi connectivity index (χ3v) is 4.27. The lowest BCUT2D eigenvalue weighted by Gasteiger charge is -2.27. The number of ether oxygens (including phenoxy) is 1. The van der Waals surface area contributed by atoms with Crippen molar-refractivity contribution in [3.63, 3.8) is 0 Å². The Balaban J connectivity index is 1.84. The van der Waals surface area contributed by atoms with Crippen molar-refractivity contribution in [1.82, 2.24) is 10.2 Å². The molecule has 2 aliphatic rings. The molecule has 1 spiro atoms. The molecule has 1 aromatic carbocycles. The summed E-state index contributed by atoms with van der Waals surface area (Å²) in [5.74, 6) is 0.105. The SMILES string of the molecule is COCC(C)CN1C(=O)C2(CC2)NC1c1cccc(F)c1. The van der Waals surface area contributed by atoms with Gasteiger partial charge in [-0.05, 0) is 36.5 Å². The molecule has 1 aromatic rings. The minimum absolute atomic E-state index is 0.139. The molecule has 1 heterocycles. The van der Waals surface area contributed by atoms with Crippen molar-refractivity contribution in [2.75, 3.05) is 20.3 Å². The molecule has 21 heavy (non-hydrogen) atoms. The minimum Gasteiger partial charge on any atom is -0.384 e. The van der Waals surface area contributed by atoms with Crippen molar-refractivity contribution in [3.05, 3.63) is 35.6 Å². The highest BCUT2D eigenvalue weighted by molar-refractivity contribution is 5.92. The fourth-order valence-electron chi connectivity index (χ4n) is 3.08. The molecule has 114 valence electrons. The molecule has 5 heteroatoms. The summed E-state index contributed by atoms with van der Waals surface area (Å²) in [5, 5.41) is 3.40. The average molecular weight is 292 g/mol. The zero-order valence-corrected chi connectivity index (χ0v) is 12.4. The van der Waals surface area contributed by atoms with Gasteiger partial charge in [-0.15, -0.1) is 0 Å². The number of hydrogen-bond donors (Lipinski definition) is 1. The number of nitrogens with one attached hydrogen (secondary N) is 1. The van der Waals surface area contributed by atoms with E-state index in [1.165, 1.54) is 12.1 Å². The van der Waals surface area contributed by atoms with E-state index in [4.69, 9.17) is 4.74 Å². The van der Waals surface area contributed by atoms with Crippen LogP contribution in [0.2, 0.25) is 0 Å². The lowest BCUT2D eigenvalue weighted by atomic mass is 10.1. The Kier molecular flexibility index (Phi) is 3.71. The van der Waals surface area contributed by atoms with E-state index < -0.39 is 5.54 Å². The van der Waals surface area contributed by atoms with Gasteiger partial charge in [0.25, 0.3) is 0 Å². The average Bonchev–Trinajstić information content (AvgIpc) is 3.18. The third-order valence-electron chi connectivity index (χ3n) is 4.27. The van der Waals surface area contributed by atoms with Crippen molar-refractivity contribution >= 4 is 5.91 Å². The molecule has 1 saturated carbocycles. The monoisotopic (exact) mass is 292 g/mol. The summed E-state index contributed by atoms with van der Waals surface area (Å²) in [6.45, 7) is 3.27. The van der Waals surface area contributed by atoms with Gasteiger partial charge in [0, 0.05) is 13.7 Å². The molecule has 1 amide bonds. The summed E-state index contributed by atoms with van der Waals surface area (Å²) in [6, 6.07) is 6.47. The van der Waals surface area contributed by atoms with Crippen LogP contribution in [-0.2, 0) is 9.53 Å². The van der Waals surface area contributed by atoms with Gasteiger partial charge in [-0.1, -0.05) is 19.1 Å². The summed E-state index contributed by atoms with van der Waals surface area (Å²) in [5.41, 5.74) is 0.404. The van der Waals surface area contributed by atoms with Crippen molar-refractivity contribution < 1.29 is 13.9 Å². The van der Waals surface area contributed by atoms with Crippen LogP contribution in [0.25, 0.3) is 0 Å². The maximum Gasteiger partial charge on any atom is 0.244 e. The Morgan fingerprint density at radius 2 is 2.29 bits per heavy atom. The van der Waals surface area contributed by atoms with Gasteiger partial charge in [-0.3, -0.25) is 10.1 Å². The van der Waals surface area contributed by atoms with Gasteiger partial charge >= 0.3 is 0 Å². The quantitative estimate of drug-likeness (QED) is 0.903. The highest BCUT2D eigenvalue weighted by Crippen LogP contribution is 2.46. The standard InChI is InChI=1S/C16H21FN2O2/c1-11(10-21-2)9-19-14(12-4-3-5-13(17)8-12)18-16(6-7-16)15(19)20/h3-5,8,11,14,18H,6-7,9-10H2,1-2H3. The second-order valence-corrected chi connectivity index (χ2v) is 6.20. The number of hydrogen-bond acceptors (Lipinski definition) is 3. The van der Waals surface area contributed by atoms with Gasteiger partial charge in [-0.2, -0.15) is 0 Å². The van der Waals surface area contributed by atoms with E-state index in [1.54, 1.807) is 13.2 Å². The first-order chi connectivity index (χ1) is 10.1. The smallest absolute Gasteiger partial charge is 0.244 e. The summed E-state index contributed by atoms with van der Waals surface area (Å²) in [7, 11) is 1.66. The second-order valence-electron chi connectivity index (χ2n) is 6.20. The van der Waals surface area contributed by atoms with Gasteiger partial charge in [0.05, 0.1) is 6.61 Å². The summed E-state index contributed by atoms with van der Waals surface area (Å²) >= 11 is 0. The number of carbonyl (C=O) groups excluding carboxylic acids is 1. The number of carbonyl (C=O) groups is 1. The van der Waals surface area contributed by atoms with Crippen LogP contribution in [-0.4, -0.2) is 36.6 Å². The molecule has 2 atom stereocenters. The van der Waals surface area contributed by atoms with Crippen LogP contribution >= 0.6 is 0 Å². The van der Waals surface area contributed by atoms with Crippen LogP contribution in [0.1, 0.15) is 31.5 Å². The van der Waals surface area contributed by atoms with E-state index >= 15 is 0 Å². The fraction of sp³-hybridized carbons (Fsp3) is 0.562. The summed E-state index contributed by atoms with van der Waals surface area (Å²) in [4.78, 5) is 14.5. The van der Waals surface area contributed by atoms with Crippen molar-refractivity contribution in [2.24, 2.45) is 5.92 Å². The summed E-state index contributed by atoms with van der Waals surface area (Å²) in [6.07, 6.45) is 1.49. The van der Waals surface area contributed by atoms with Crippen LogP contribution in [0.3, 0.4) is 0 Å². The first kappa shape index (κ1) is 14.5. The van der Waals surface area contributed by atoms with E-state index in [9.17, 15) is 9.18 Å². The lowest BCUT2D eigenvalue weighted by molar-refractivity contribution is -0.131. The molecule has 0 radical (unpaired) electrons. The predicted octanol–water partition coefficient (Wildman–Crippen LogP) is 2.07. The zero-order chi connectivity index (χ0) is 15.0. The van der Waals surface area contributed by atoms with E-state index in [-0.39, 0.29) is 23.8 Å². The fourth-order valence-corrected chi connectivity index (χ4v) is 3.08. The van der Waals surface area contributed by atoms with Gasteiger partial charge in [-0.25, -0.2) is 4.39 Å². The Morgan fingerprint density at radius 3 is 2.90 bits per heavy atom. The number of halogens is 1. The van der Waals surface area contributed by atoms with Gasteiger partial charge in [0.1, 0.15) is 17.5 Å². The van der Waals surface area contributed by atoms with Crippen LogP contribution < -0.4 is 5.32 Å². The molecule has 4 nitrogen and oxygen atoms in total. The van der Waals surface area contributed by atoms with Crippen LogP contribution in [0.4, 0.5) is 4.39 Å². The molecule has 0 aromatic heterocycles. The molecule has 1 aliphatic carbocycles. The normalized spacial score (nSPS) is 24.6. The molecule has 2 fully saturated rings. The minimum atomic E-state index is -0.399. The molecular weight excluding hydrogens is 271 g/mol. The third kappa shape index (κ3) is 2.68. The topological polar surface area (TPSA) is 41.6 Å². The molecule has 1 saturated heterocycles. The predicted molar refractivity (Wildman–Crippen MR) is 77.0 cm³/mol. The Bertz CT molecular complexity index is 545. The highest BCUT2D eigenvalue weighted by Gasteiger charge is 2.59. The summed E-state index contributed by atoms with van der Waals surface area (Å²) < 4.78 is 18.6. The lowest BCUT2D eigenvalue weighted by Crippen LogP contribution is -2.36. The van der Waals surface area contributed by atoms with Crippen molar-refractivity contribution in [3.8, 4) is 0 Å². The highest BCUT2D eigenvalue weighted by atomic mass is 19.1. The van der Waals surface area contributed by atoms with Crippen molar-refractivity contribution in [1.29, 1.82) is 0 Å². The van der Waals surface area contributed by atoms with Crippen LogP contribution in [0.15, 0.2) is 24.3 Å². The Hall–Kier alpha value is -1.46. The number of methoxy groups -OCH3 is 1. The largest absolute Gasteiger partial charge is 0.384 e. The molecule has 1 N–H and O–H groups in total. The molecule has 3 rings (SSSR count). The second kappa shape index (κ2) is 5.39.